The van der Waals surface area contributed by atoms with E-state index in [0.717, 1.165) is 52.8 Å². The van der Waals surface area contributed by atoms with E-state index in [2.05, 4.69) is 15.2 Å². The molecule has 0 bridgehead atoms. The molecule has 1 saturated heterocycles. The molecule has 3 heterocycles. The topological polar surface area (TPSA) is 118 Å². The van der Waals surface area contributed by atoms with E-state index in [1.54, 1.807) is 16.7 Å². The van der Waals surface area contributed by atoms with E-state index < -0.39 is 6.23 Å². The first-order chi connectivity index (χ1) is 15.5. The van der Waals surface area contributed by atoms with Crippen LogP contribution in [0, 0.1) is 5.92 Å². The molecule has 3 aromatic rings. The number of aromatic nitrogens is 1. The van der Waals surface area contributed by atoms with Gasteiger partial charge in [0.15, 0.2) is 0 Å². The van der Waals surface area contributed by atoms with E-state index >= 15 is 0 Å². The number of amides is 1. The number of piperidine rings is 1. The van der Waals surface area contributed by atoms with Crippen molar-refractivity contribution in [2.45, 2.75) is 31.9 Å². The lowest BCUT2D eigenvalue weighted by Gasteiger charge is -2.35. The highest BCUT2D eigenvalue weighted by molar-refractivity contribution is 7.20. The summed E-state index contributed by atoms with van der Waals surface area (Å²) in [7, 11) is 0. The van der Waals surface area contributed by atoms with Gasteiger partial charge in [-0.25, -0.2) is 4.98 Å². The highest BCUT2D eigenvalue weighted by Crippen LogP contribution is 2.33. The number of nitrogens with zero attached hydrogens (tertiary/aromatic N) is 2. The molecule has 6 N–H and O–H groups in total. The maximum Gasteiger partial charge on any atom is 0.275 e. The predicted octanol–water partition coefficient (Wildman–Crippen LogP) is 3.51. The maximum absolute atomic E-state index is 13.0. The average Bonchev–Trinajstić information content (AvgIpc) is 3.47. The average molecular weight is 472 g/mol. The minimum atomic E-state index is -0.916. The zero-order valence-electron chi connectivity index (χ0n) is 17.9. The molecular weight excluding hydrogens is 442 g/mol. The van der Waals surface area contributed by atoms with E-state index in [1.807, 2.05) is 35.7 Å². The van der Waals surface area contributed by atoms with E-state index in [-0.39, 0.29) is 5.91 Å². The van der Waals surface area contributed by atoms with Crippen molar-refractivity contribution in [1.82, 2.24) is 4.98 Å². The van der Waals surface area contributed by atoms with Crippen LogP contribution in [0.3, 0.4) is 0 Å². The first-order valence-electron chi connectivity index (χ1n) is 10.9. The highest BCUT2D eigenvalue weighted by atomic mass is 32.1. The van der Waals surface area contributed by atoms with Gasteiger partial charge in [-0.15, -0.1) is 22.7 Å². The summed E-state index contributed by atoms with van der Waals surface area (Å²) >= 11 is 3.07. The number of aliphatic hydroxyl groups is 1. The number of nitrogens with one attached hydrogen (secondary N) is 1. The van der Waals surface area contributed by atoms with Crippen LogP contribution in [0.5, 0.6) is 0 Å². The molecule has 0 saturated carbocycles. The van der Waals surface area contributed by atoms with Gasteiger partial charge in [-0.1, -0.05) is 12.1 Å². The largest absolute Gasteiger partial charge is 0.378 e. The lowest BCUT2D eigenvalue weighted by Crippen LogP contribution is -2.37. The number of hydrogen-bond donors (Lipinski definition) is 4. The number of thiophene rings is 1. The van der Waals surface area contributed by atoms with Gasteiger partial charge in [0.1, 0.15) is 16.9 Å². The first kappa shape index (κ1) is 22.9. The molecule has 0 aliphatic carbocycles. The lowest BCUT2D eigenvalue weighted by atomic mass is 9.94. The molecule has 1 aromatic carbocycles. The minimum Gasteiger partial charge on any atom is -0.378 e. The van der Waals surface area contributed by atoms with Gasteiger partial charge >= 0.3 is 0 Å². The van der Waals surface area contributed by atoms with Crippen LogP contribution in [-0.4, -0.2) is 41.9 Å². The van der Waals surface area contributed by atoms with Crippen molar-refractivity contribution in [2.75, 3.05) is 29.9 Å². The number of carbonyl (C=O) groups excluding carboxylic acids is 1. The zero-order valence-corrected chi connectivity index (χ0v) is 19.5. The number of rotatable bonds is 8. The van der Waals surface area contributed by atoms with Gasteiger partial charge in [-0.05, 0) is 60.9 Å². The van der Waals surface area contributed by atoms with Crippen molar-refractivity contribution in [2.24, 2.45) is 17.4 Å². The Kier molecular flexibility index (Phi) is 7.54. The molecule has 32 heavy (non-hydrogen) atoms. The fraction of sp³-hybridized carbons (Fsp3) is 0.391. The Balaban J connectivity index is 1.57. The monoisotopic (exact) mass is 471 g/mol. The Bertz CT molecular complexity index is 1030. The number of aliphatic hydroxyl groups excluding tert-OH is 1. The second kappa shape index (κ2) is 10.5. The summed E-state index contributed by atoms with van der Waals surface area (Å²) in [6.45, 7) is 2.49. The van der Waals surface area contributed by atoms with Crippen LogP contribution in [0.25, 0.3) is 9.88 Å². The van der Waals surface area contributed by atoms with Gasteiger partial charge in [0.25, 0.3) is 5.91 Å². The summed E-state index contributed by atoms with van der Waals surface area (Å²) in [5, 5.41) is 17.3. The Morgan fingerprint density at radius 3 is 2.97 bits per heavy atom. The van der Waals surface area contributed by atoms with Gasteiger partial charge in [0, 0.05) is 24.9 Å². The summed E-state index contributed by atoms with van der Waals surface area (Å²) in [5.74, 6) is 0.306. The van der Waals surface area contributed by atoms with Crippen molar-refractivity contribution < 1.29 is 9.90 Å². The van der Waals surface area contributed by atoms with E-state index in [4.69, 9.17) is 11.5 Å². The van der Waals surface area contributed by atoms with Gasteiger partial charge in [-0.2, -0.15) is 0 Å². The van der Waals surface area contributed by atoms with E-state index in [9.17, 15) is 9.90 Å². The number of carbonyl (C=O) groups is 1. The number of anilines is 2. The molecular formula is C23H29N5O2S2. The molecule has 7 nitrogen and oxygen atoms in total. The Morgan fingerprint density at radius 2 is 2.22 bits per heavy atom. The van der Waals surface area contributed by atoms with Crippen molar-refractivity contribution >= 4 is 40.0 Å². The third-order valence-corrected chi connectivity index (χ3v) is 7.54. The van der Waals surface area contributed by atoms with E-state index in [0.29, 0.717) is 24.6 Å². The first-order valence-corrected chi connectivity index (χ1v) is 12.6. The second-order valence-corrected chi connectivity index (χ2v) is 9.93. The van der Waals surface area contributed by atoms with Crippen molar-refractivity contribution in [3.8, 4) is 9.88 Å². The maximum atomic E-state index is 13.0. The number of benzene rings is 1. The molecule has 9 heteroatoms. The van der Waals surface area contributed by atoms with Crippen LogP contribution in [0.1, 0.15) is 35.3 Å². The molecule has 1 amide bonds. The van der Waals surface area contributed by atoms with Gasteiger partial charge < -0.3 is 26.8 Å². The number of hydrogen-bond acceptors (Lipinski definition) is 8. The van der Waals surface area contributed by atoms with Crippen LogP contribution >= 0.6 is 22.7 Å². The molecule has 0 spiro atoms. The molecule has 2 aromatic heterocycles. The molecule has 170 valence electrons. The summed E-state index contributed by atoms with van der Waals surface area (Å²) in [4.78, 5) is 20.9. The van der Waals surface area contributed by atoms with E-state index in [1.165, 1.54) is 17.8 Å². The number of nitrogens with two attached hydrogens (primary N) is 2. The van der Waals surface area contributed by atoms with Crippen LogP contribution in [-0.2, 0) is 6.42 Å². The van der Waals surface area contributed by atoms with Crippen LogP contribution in [0.2, 0.25) is 0 Å². The normalized spacial score (nSPS) is 17.3. The third-order valence-electron chi connectivity index (χ3n) is 5.66. The lowest BCUT2D eigenvalue weighted by molar-refractivity contribution is 0.102. The Morgan fingerprint density at radius 1 is 1.34 bits per heavy atom. The minimum absolute atomic E-state index is 0.229. The molecule has 2 atom stereocenters. The van der Waals surface area contributed by atoms with Gasteiger partial charge in [0.05, 0.1) is 16.3 Å². The standard InChI is InChI=1S/C23H29N5O2S2/c24-8-7-15-3-1-9-28(13-15)19-11-16(12-21(25)29)5-6-17(19)26-22(30)18-14-32-23(27-18)20-4-2-10-31-20/h2,4-6,10-11,14-15,21,29H,1,3,7-9,12-13,24-25H2,(H,26,30). The SMILES string of the molecule is NCCC1CCCN(c2cc(CC(N)O)ccc2NC(=O)c2csc(-c3cccs3)n2)C1. The predicted molar refractivity (Wildman–Crippen MR) is 132 cm³/mol. The molecule has 1 aliphatic heterocycles. The fourth-order valence-electron chi connectivity index (χ4n) is 4.15. The summed E-state index contributed by atoms with van der Waals surface area (Å²) in [5.41, 5.74) is 14.4. The Hall–Kier alpha value is -2.30. The molecule has 1 fully saturated rings. The molecule has 4 rings (SSSR count). The van der Waals surface area contributed by atoms with Gasteiger partial charge in [-0.3, -0.25) is 4.79 Å². The van der Waals surface area contributed by atoms with Gasteiger partial charge in [0.2, 0.25) is 0 Å². The number of thiazole rings is 1. The zero-order chi connectivity index (χ0) is 22.5. The highest BCUT2D eigenvalue weighted by Gasteiger charge is 2.23. The van der Waals surface area contributed by atoms with Crippen molar-refractivity contribution in [1.29, 1.82) is 0 Å². The van der Waals surface area contributed by atoms with Crippen LogP contribution in [0.4, 0.5) is 11.4 Å². The smallest absolute Gasteiger partial charge is 0.275 e. The van der Waals surface area contributed by atoms with Crippen LogP contribution in [0.15, 0.2) is 41.1 Å². The molecule has 1 aliphatic rings. The van der Waals surface area contributed by atoms with Crippen molar-refractivity contribution in [3.05, 3.63) is 52.3 Å². The third kappa shape index (κ3) is 5.54. The fourth-order valence-corrected chi connectivity index (χ4v) is 5.76. The molecule has 0 radical (unpaired) electrons. The Labute approximate surface area is 196 Å². The summed E-state index contributed by atoms with van der Waals surface area (Å²) in [6.07, 6.45) is 2.68. The molecule has 2 unspecified atom stereocenters. The quantitative estimate of drug-likeness (QED) is 0.374. The van der Waals surface area contributed by atoms with Crippen molar-refractivity contribution in [3.63, 3.8) is 0 Å². The second-order valence-electron chi connectivity index (χ2n) is 8.12. The summed E-state index contributed by atoms with van der Waals surface area (Å²) < 4.78 is 0. The van der Waals surface area contributed by atoms with Crippen LogP contribution < -0.4 is 21.7 Å². The summed E-state index contributed by atoms with van der Waals surface area (Å²) in [6, 6.07) is 9.79.